The van der Waals surface area contributed by atoms with Gasteiger partial charge in [-0.3, -0.25) is 15.6 Å². The van der Waals surface area contributed by atoms with Crippen molar-refractivity contribution in [3.8, 4) is 17.3 Å². The summed E-state index contributed by atoms with van der Waals surface area (Å²) in [6, 6.07) is 15.4. The van der Waals surface area contributed by atoms with Gasteiger partial charge in [0, 0.05) is 42.9 Å². The van der Waals surface area contributed by atoms with Crippen LogP contribution >= 0.6 is 0 Å². The lowest BCUT2D eigenvalue weighted by Crippen LogP contribution is -2.40. The number of aromatic nitrogens is 2. The minimum absolute atomic E-state index is 0.0727. The first-order valence-corrected chi connectivity index (χ1v) is 13.3. The molecular weight excluding hydrogens is 536 g/mol. The zero-order valence-corrected chi connectivity index (χ0v) is 23.7. The van der Waals surface area contributed by atoms with Gasteiger partial charge in [0.25, 0.3) is 5.91 Å². The zero-order chi connectivity index (χ0) is 30.4. The average molecular weight is 569 g/mol. The summed E-state index contributed by atoms with van der Waals surface area (Å²) in [6.07, 6.45) is 1.55. The molecule has 3 aromatic rings. The summed E-state index contributed by atoms with van der Waals surface area (Å²) in [6.45, 7) is 7.01. The van der Waals surface area contributed by atoms with Crippen LogP contribution in [-0.2, 0) is 9.47 Å². The molecule has 1 aliphatic heterocycles. The predicted molar refractivity (Wildman–Crippen MR) is 156 cm³/mol. The van der Waals surface area contributed by atoms with E-state index in [-0.39, 0.29) is 34.6 Å². The number of ether oxygens (including phenoxy) is 2. The molecule has 0 saturated carbocycles. The fourth-order valence-corrected chi connectivity index (χ4v) is 4.30. The Morgan fingerprint density at radius 1 is 0.976 bits per heavy atom. The van der Waals surface area contributed by atoms with Gasteiger partial charge in [0.2, 0.25) is 11.8 Å². The molecule has 42 heavy (non-hydrogen) atoms. The summed E-state index contributed by atoms with van der Waals surface area (Å²) >= 11 is 0. The molecule has 2 aromatic carbocycles. The summed E-state index contributed by atoms with van der Waals surface area (Å²) < 4.78 is 10.8. The number of anilines is 1. The van der Waals surface area contributed by atoms with Gasteiger partial charge >= 0.3 is 6.09 Å². The summed E-state index contributed by atoms with van der Waals surface area (Å²) in [5.41, 5.74) is 6.87. The van der Waals surface area contributed by atoms with Crippen LogP contribution in [0.2, 0.25) is 0 Å². The van der Waals surface area contributed by atoms with Crippen LogP contribution in [0.3, 0.4) is 0 Å². The molecule has 0 atom stereocenters. The molecule has 12 nitrogen and oxygen atoms in total. The summed E-state index contributed by atoms with van der Waals surface area (Å²) in [5, 5.41) is 26.4. The third kappa shape index (κ3) is 7.06. The number of rotatable bonds is 4. The number of hydrogen-bond donors (Lipinski definition) is 3. The Labute approximate surface area is 243 Å². The van der Waals surface area contributed by atoms with Crippen molar-refractivity contribution in [3.05, 3.63) is 77.1 Å². The van der Waals surface area contributed by atoms with Gasteiger partial charge in [-0.2, -0.15) is 5.26 Å². The van der Waals surface area contributed by atoms with Crippen LogP contribution < -0.4 is 5.73 Å². The van der Waals surface area contributed by atoms with E-state index >= 15 is 0 Å². The summed E-state index contributed by atoms with van der Waals surface area (Å²) in [5.74, 6) is -1.06. The van der Waals surface area contributed by atoms with Gasteiger partial charge in [-0.25, -0.2) is 14.8 Å². The Bertz CT molecular complexity index is 1560. The maximum absolute atomic E-state index is 13.4. The molecule has 1 fully saturated rings. The molecule has 1 aromatic heterocycles. The summed E-state index contributed by atoms with van der Waals surface area (Å²) in [7, 11) is 0. The largest absolute Gasteiger partial charge is 0.444 e. The molecule has 12 heteroatoms. The first-order chi connectivity index (χ1) is 20.0. The molecule has 0 unspecified atom stereocenters. The molecule has 4 rings (SSSR count). The number of amides is 2. The molecule has 4 N–H and O–H groups in total. The standard InChI is InChI=1S/C30H32N8O4/c1-30(2,3)42-29(40)38-13-7-12-37(14-15-38)28(39)20-10-11-22(21(16-20)17-31)23-18-35-25(32)24(36-23)27(34)41-26(33)19-8-5-4-6-9-19/h4-6,8-11,16,18,33-34H,7,12-15H2,1-3H3,(H2,32,35). The number of carbonyl (C=O) groups excluding carboxylic acids is 2. The van der Waals surface area contributed by atoms with Gasteiger partial charge < -0.3 is 25.0 Å². The van der Waals surface area contributed by atoms with Gasteiger partial charge in [0.1, 0.15) is 5.60 Å². The van der Waals surface area contributed by atoms with Gasteiger partial charge in [0.05, 0.1) is 23.5 Å². The first-order valence-electron chi connectivity index (χ1n) is 13.3. The topological polar surface area (TPSA) is 182 Å². The monoisotopic (exact) mass is 568 g/mol. The van der Waals surface area contributed by atoms with Crippen molar-refractivity contribution < 1.29 is 19.1 Å². The fourth-order valence-electron chi connectivity index (χ4n) is 4.30. The minimum atomic E-state index is -0.609. The smallest absolute Gasteiger partial charge is 0.410 e. The van der Waals surface area contributed by atoms with Crippen molar-refractivity contribution in [1.82, 2.24) is 19.8 Å². The van der Waals surface area contributed by atoms with Crippen molar-refractivity contribution in [1.29, 1.82) is 16.1 Å². The van der Waals surface area contributed by atoms with E-state index in [2.05, 4.69) is 16.0 Å². The Kier molecular flexibility index (Phi) is 8.81. The van der Waals surface area contributed by atoms with Crippen LogP contribution in [0.1, 0.15) is 54.4 Å². The number of nitriles is 1. The molecule has 0 spiro atoms. The second-order valence-electron chi connectivity index (χ2n) is 10.6. The average Bonchev–Trinajstić information content (AvgIpc) is 3.23. The molecule has 1 aliphatic rings. The number of carbonyl (C=O) groups is 2. The Hall–Kier alpha value is -5.31. The van der Waals surface area contributed by atoms with Crippen molar-refractivity contribution in [3.63, 3.8) is 0 Å². The van der Waals surface area contributed by atoms with Crippen molar-refractivity contribution in [2.24, 2.45) is 0 Å². The van der Waals surface area contributed by atoms with E-state index in [0.717, 1.165) is 0 Å². The molecule has 1 saturated heterocycles. The van der Waals surface area contributed by atoms with Gasteiger partial charge in [-0.1, -0.05) is 24.3 Å². The third-order valence-corrected chi connectivity index (χ3v) is 6.35. The van der Waals surface area contributed by atoms with E-state index in [1.165, 1.54) is 12.3 Å². The second kappa shape index (κ2) is 12.5. The van der Waals surface area contributed by atoms with E-state index in [1.54, 1.807) is 52.3 Å². The Morgan fingerprint density at radius 2 is 1.67 bits per heavy atom. The number of benzene rings is 2. The van der Waals surface area contributed by atoms with E-state index in [9.17, 15) is 14.9 Å². The van der Waals surface area contributed by atoms with Gasteiger partial charge in [-0.15, -0.1) is 0 Å². The molecule has 216 valence electrons. The number of nitrogens with one attached hydrogen (secondary N) is 2. The Morgan fingerprint density at radius 3 is 2.36 bits per heavy atom. The lowest BCUT2D eigenvalue weighted by atomic mass is 10.0. The maximum atomic E-state index is 13.4. The van der Waals surface area contributed by atoms with E-state index in [4.69, 9.17) is 26.0 Å². The minimum Gasteiger partial charge on any atom is -0.444 e. The van der Waals surface area contributed by atoms with Crippen molar-refractivity contribution in [2.45, 2.75) is 32.8 Å². The van der Waals surface area contributed by atoms with Gasteiger partial charge in [0.15, 0.2) is 11.5 Å². The van der Waals surface area contributed by atoms with Crippen LogP contribution in [0, 0.1) is 22.1 Å². The summed E-state index contributed by atoms with van der Waals surface area (Å²) in [4.78, 5) is 37.6. The molecule has 0 radical (unpaired) electrons. The number of nitrogen functional groups attached to an aromatic ring is 1. The van der Waals surface area contributed by atoms with E-state index in [1.807, 2.05) is 20.8 Å². The Balaban J connectivity index is 1.51. The van der Waals surface area contributed by atoms with Crippen molar-refractivity contribution >= 4 is 29.6 Å². The van der Waals surface area contributed by atoms with Gasteiger partial charge in [-0.05, 0) is 51.5 Å². The lowest BCUT2D eigenvalue weighted by molar-refractivity contribution is 0.0255. The SMILES string of the molecule is CC(C)(C)OC(=O)N1CCCN(C(=O)c2ccc(-c3cnc(N)c(C(=N)OC(=N)c4ccccc4)n3)c(C#N)c2)CC1. The first kappa shape index (κ1) is 29.7. The number of nitrogens with two attached hydrogens (primary N) is 1. The lowest BCUT2D eigenvalue weighted by Gasteiger charge is -2.26. The highest BCUT2D eigenvalue weighted by Gasteiger charge is 2.27. The normalized spacial score (nSPS) is 13.5. The highest BCUT2D eigenvalue weighted by atomic mass is 16.6. The highest BCUT2D eigenvalue weighted by molar-refractivity contribution is 6.05. The second-order valence-corrected chi connectivity index (χ2v) is 10.6. The molecular formula is C30H32N8O4. The zero-order valence-electron chi connectivity index (χ0n) is 23.7. The van der Waals surface area contributed by atoms with Crippen LogP contribution in [0.25, 0.3) is 11.3 Å². The van der Waals surface area contributed by atoms with E-state index < -0.39 is 17.6 Å². The van der Waals surface area contributed by atoms with Crippen LogP contribution in [0.5, 0.6) is 0 Å². The third-order valence-electron chi connectivity index (χ3n) is 6.35. The number of hydrogen-bond acceptors (Lipinski definition) is 10. The highest BCUT2D eigenvalue weighted by Crippen LogP contribution is 2.25. The molecule has 2 heterocycles. The maximum Gasteiger partial charge on any atom is 0.410 e. The molecule has 2 amide bonds. The molecule has 0 aliphatic carbocycles. The van der Waals surface area contributed by atoms with Crippen LogP contribution in [-0.4, -0.2) is 75.3 Å². The fraction of sp³-hybridized carbons (Fsp3) is 0.300. The molecule has 0 bridgehead atoms. The quantitative estimate of drug-likeness (QED) is 0.311. The number of nitrogens with zero attached hydrogens (tertiary/aromatic N) is 5. The van der Waals surface area contributed by atoms with Crippen LogP contribution in [0.15, 0.2) is 54.7 Å². The van der Waals surface area contributed by atoms with Crippen molar-refractivity contribution in [2.75, 3.05) is 31.9 Å². The van der Waals surface area contributed by atoms with E-state index in [0.29, 0.717) is 49.3 Å². The van der Waals surface area contributed by atoms with Crippen LogP contribution in [0.4, 0.5) is 10.6 Å². The predicted octanol–water partition coefficient (Wildman–Crippen LogP) is 4.05.